The molecule has 1 N–H and O–H groups in total. The van der Waals surface area contributed by atoms with Gasteiger partial charge in [-0.2, -0.15) is 0 Å². The molecule has 0 saturated carbocycles. The van der Waals surface area contributed by atoms with Crippen LogP contribution in [0.25, 0.3) is 0 Å². The van der Waals surface area contributed by atoms with Crippen LogP contribution in [0.3, 0.4) is 0 Å². The summed E-state index contributed by atoms with van der Waals surface area (Å²) in [5, 5.41) is 7.42. The van der Waals surface area contributed by atoms with Crippen LogP contribution in [0.15, 0.2) is 0 Å². The fourth-order valence-corrected chi connectivity index (χ4v) is 0. The molecule has 8 heavy (non-hydrogen) atoms. The van der Waals surface area contributed by atoms with Crippen molar-refractivity contribution in [3.63, 3.8) is 0 Å². The van der Waals surface area contributed by atoms with Crippen LogP contribution >= 0.6 is 50.9 Å². The van der Waals surface area contributed by atoms with E-state index in [4.69, 9.17) is 9.90 Å². The second kappa shape index (κ2) is 22.5. The van der Waals surface area contributed by atoms with Crippen molar-refractivity contribution in [2.24, 2.45) is 0 Å². The quantitative estimate of drug-likeness (QED) is 0.619. The number of carboxylic acids is 1. The van der Waals surface area contributed by atoms with E-state index in [9.17, 15) is 0 Å². The van der Waals surface area contributed by atoms with Crippen molar-refractivity contribution in [1.82, 2.24) is 0 Å². The standard InChI is InChI=1S/C2H4O2.3BrH.Cs.H/c1-2(3)4;;;;;/h1H3,(H,3,4);3*1H;;. The summed E-state index contributed by atoms with van der Waals surface area (Å²) < 4.78 is 0. The van der Waals surface area contributed by atoms with Crippen LogP contribution in [-0.2, 0) is 4.79 Å². The summed E-state index contributed by atoms with van der Waals surface area (Å²) in [4.78, 5) is 9.00. The normalized spacial score (nSPS) is 3.12. The van der Waals surface area contributed by atoms with Gasteiger partial charge in [-0.25, -0.2) is 0 Å². The SMILES string of the molecule is Br.Br.Br.CC(=O)O.[CsH]. The zero-order chi connectivity index (χ0) is 3.58. The van der Waals surface area contributed by atoms with Gasteiger partial charge in [0.1, 0.15) is 0 Å². The van der Waals surface area contributed by atoms with Crippen LogP contribution in [0.4, 0.5) is 0 Å². The minimum atomic E-state index is -0.833. The van der Waals surface area contributed by atoms with Gasteiger partial charge in [-0.1, -0.05) is 0 Å². The summed E-state index contributed by atoms with van der Waals surface area (Å²) >= 11 is 0. The molecule has 0 atom stereocenters. The monoisotopic (exact) mass is 434 g/mol. The average Bonchev–Trinajstić information content (AvgIpc) is 0.811. The average molecular weight is 437 g/mol. The molecule has 0 aromatic rings. The Hall–Kier alpha value is 2.96. The Morgan fingerprint density at radius 3 is 1.25 bits per heavy atom. The van der Waals surface area contributed by atoms with Crippen molar-refractivity contribution in [2.45, 2.75) is 6.92 Å². The molecule has 50 valence electrons. The summed E-state index contributed by atoms with van der Waals surface area (Å²) in [6.07, 6.45) is 0. The van der Waals surface area contributed by atoms with Crippen molar-refractivity contribution >= 4 is 126 Å². The van der Waals surface area contributed by atoms with Gasteiger partial charge in [0, 0.05) is 6.92 Å². The van der Waals surface area contributed by atoms with Crippen molar-refractivity contribution in [3.05, 3.63) is 0 Å². The molecule has 6 heteroatoms. The number of carboxylic acid groups (broad SMARTS) is 1. The molecule has 0 spiro atoms. The number of hydrogen-bond acceptors (Lipinski definition) is 1. The summed E-state index contributed by atoms with van der Waals surface area (Å²) in [7, 11) is 0. The molecule has 0 aliphatic carbocycles. The van der Waals surface area contributed by atoms with Gasteiger partial charge in [0.15, 0.2) is 0 Å². The second-order valence-corrected chi connectivity index (χ2v) is 0.519. The fourth-order valence-electron chi connectivity index (χ4n) is 0. The summed E-state index contributed by atoms with van der Waals surface area (Å²) in [6.45, 7) is 1.08. The Labute approximate surface area is 139 Å². The van der Waals surface area contributed by atoms with Crippen molar-refractivity contribution < 1.29 is 9.90 Å². The van der Waals surface area contributed by atoms with Gasteiger partial charge in [-0.15, -0.1) is 50.9 Å². The first kappa shape index (κ1) is 30.6. The molecule has 0 heterocycles. The first-order valence-corrected chi connectivity index (χ1v) is 0.928. The molecular weight excluding hydrogens is 429 g/mol. The van der Waals surface area contributed by atoms with E-state index in [1.54, 1.807) is 0 Å². The predicted molar refractivity (Wildman–Crippen MR) is 51.4 cm³/mol. The fraction of sp³-hybridized carbons (Fsp3) is 0.500. The van der Waals surface area contributed by atoms with Gasteiger partial charge in [-0.3, -0.25) is 4.79 Å². The van der Waals surface area contributed by atoms with Gasteiger partial charge >= 0.3 is 68.9 Å². The third-order valence-corrected chi connectivity index (χ3v) is 0. The van der Waals surface area contributed by atoms with E-state index in [1.807, 2.05) is 0 Å². The van der Waals surface area contributed by atoms with E-state index < -0.39 is 5.97 Å². The van der Waals surface area contributed by atoms with Gasteiger partial charge in [-0.05, 0) is 0 Å². The molecule has 0 amide bonds. The van der Waals surface area contributed by atoms with Crippen LogP contribution in [0, 0.1) is 0 Å². The topological polar surface area (TPSA) is 37.3 Å². The van der Waals surface area contributed by atoms with E-state index >= 15 is 0 Å². The second-order valence-electron chi connectivity index (χ2n) is 0.519. The zero-order valence-electron chi connectivity index (χ0n) is 3.58. The van der Waals surface area contributed by atoms with Crippen molar-refractivity contribution in [3.8, 4) is 0 Å². The molecule has 0 aromatic heterocycles. The van der Waals surface area contributed by atoms with Crippen LogP contribution in [0.5, 0.6) is 0 Å². The molecule has 0 aliphatic rings. The Balaban J connectivity index is -0.00000000750. The van der Waals surface area contributed by atoms with Gasteiger partial charge in [0.05, 0.1) is 0 Å². The molecule has 0 rings (SSSR count). The molecule has 0 saturated heterocycles. The minimum absolute atomic E-state index is 0. The Morgan fingerprint density at radius 2 is 1.25 bits per heavy atom. The van der Waals surface area contributed by atoms with Gasteiger partial charge in [0.25, 0.3) is 5.97 Å². The number of aliphatic carboxylic acids is 1. The first-order chi connectivity index (χ1) is 1.73. The van der Waals surface area contributed by atoms with E-state index in [-0.39, 0.29) is 120 Å². The zero-order valence-corrected chi connectivity index (χ0v) is 8.72. The first-order valence-electron chi connectivity index (χ1n) is 0.928. The summed E-state index contributed by atoms with van der Waals surface area (Å²) in [5.41, 5.74) is 0. The molecule has 0 radical (unpaired) electrons. The molecule has 0 fully saturated rings. The van der Waals surface area contributed by atoms with Crippen LogP contribution in [0.1, 0.15) is 6.92 Å². The Bertz CT molecular complexity index is 38.3. The summed E-state index contributed by atoms with van der Waals surface area (Å²) in [6, 6.07) is 0. The third-order valence-electron chi connectivity index (χ3n) is 0. The van der Waals surface area contributed by atoms with Crippen molar-refractivity contribution in [1.29, 1.82) is 0 Å². The van der Waals surface area contributed by atoms with Crippen LogP contribution in [0.2, 0.25) is 0 Å². The molecule has 0 unspecified atom stereocenters. The van der Waals surface area contributed by atoms with E-state index in [0.29, 0.717) is 0 Å². The van der Waals surface area contributed by atoms with Crippen LogP contribution < -0.4 is 0 Å². The Kier molecular flexibility index (Phi) is 86.1. The van der Waals surface area contributed by atoms with E-state index in [1.165, 1.54) is 0 Å². The molecule has 0 bridgehead atoms. The maximum atomic E-state index is 9.00. The molecule has 0 aliphatic heterocycles. The van der Waals surface area contributed by atoms with Gasteiger partial charge < -0.3 is 5.11 Å². The predicted octanol–water partition coefficient (Wildman–Crippen LogP) is 1.18. The Morgan fingerprint density at radius 1 is 1.25 bits per heavy atom. The van der Waals surface area contributed by atoms with E-state index in [0.717, 1.165) is 6.92 Å². The van der Waals surface area contributed by atoms with E-state index in [2.05, 4.69) is 0 Å². The number of rotatable bonds is 0. The molecule has 0 aromatic carbocycles. The number of hydrogen-bond donors (Lipinski definition) is 1. The third kappa shape index (κ3) is 64.8. The van der Waals surface area contributed by atoms with Gasteiger partial charge in [0.2, 0.25) is 0 Å². The molecular formula is C2H8Br3CsO2. The number of halogens is 3. The van der Waals surface area contributed by atoms with Crippen molar-refractivity contribution in [2.75, 3.05) is 0 Å². The summed E-state index contributed by atoms with van der Waals surface area (Å²) in [5.74, 6) is -0.833. The number of carbonyl (C=O) groups is 1. The maximum absolute atomic E-state index is 9.00. The molecule has 2 nitrogen and oxygen atoms in total. The van der Waals surface area contributed by atoms with Crippen LogP contribution in [-0.4, -0.2) is 80.0 Å².